The van der Waals surface area contributed by atoms with Crippen molar-refractivity contribution in [2.24, 2.45) is 0 Å². The Bertz CT molecular complexity index is 456. The molecule has 1 saturated carbocycles. The SMILES string of the molecule is N#Cc1ccc(OC2CCOC3(CCC3)C2)cc1. The van der Waals surface area contributed by atoms with E-state index < -0.39 is 0 Å². The zero-order valence-electron chi connectivity index (χ0n) is 10.4. The number of rotatable bonds is 2. The number of nitriles is 1. The summed E-state index contributed by atoms with van der Waals surface area (Å²) in [6.45, 7) is 0.806. The monoisotopic (exact) mass is 243 g/mol. The Morgan fingerprint density at radius 1 is 1.28 bits per heavy atom. The maximum absolute atomic E-state index is 8.75. The number of hydrogen-bond acceptors (Lipinski definition) is 3. The molecule has 2 aliphatic rings. The lowest BCUT2D eigenvalue weighted by atomic mass is 9.74. The molecule has 1 aliphatic heterocycles. The third kappa shape index (κ3) is 2.21. The van der Waals surface area contributed by atoms with Crippen LogP contribution in [-0.2, 0) is 4.74 Å². The molecule has 0 bridgehead atoms. The van der Waals surface area contributed by atoms with E-state index in [0.717, 1.165) is 25.2 Å². The molecule has 2 fully saturated rings. The summed E-state index contributed by atoms with van der Waals surface area (Å²) in [7, 11) is 0. The Kier molecular flexibility index (Phi) is 2.97. The first kappa shape index (κ1) is 11.6. The Balaban J connectivity index is 1.63. The van der Waals surface area contributed by atoms with Crippen molar-refractivity contribution >= 4 is 0 Å². The van der Waals surface area contributed by atoms with E-state index in [2.05, 4.69) is 6.07 Å². The molecule has 1 aliphatic carbocycles. The molecule has 3 rings (SSSR count). The zero-order valence-corrected chi connectivity index (χ0v) is 10.4. The normalized spacial score (nSPS) is 25.2. The third-order valence-corrected chi connectivity index (χ3v) is 4.00. The topological polar surface area (TPSA) is 42.2 Å². The number of nitrogens with zero attached hydrogens (tertiary/aromatic N) is 1. The molecule has 3 heteroatoms. The lowest BCUT2D eigenvalue weighted by Crippen LogP contribution is -2.48. The minimum atomic E-state index is 0.121. The highest BCUT2D eigenvalue weighted by Crippen LogP contribution is 2.43. The van der Waals surface area contributed by atoms with E-state index in [1.165, 1.54) is 19.3 Å². The molecule has 0 N–H and O–H groups in total. The van der Waals surface area contributed by atoms with Crippen LogP contribution in [-0.4, -0.2) is 18.3 Å². The molecular formula is C15H17NO2. The quantitative estimate of drug-likeness (QED) is 0.801. The first-order valence-electron chi connectivity index (χ1n) is 6.60. The van der Waals surface area contributed by atoms with Gasteiger partial charge >= 0.3 is 0 Å². The van der Waals surface area contributed by atoms with Gasteiger partial charge < -0.3 is 9.47 Å². The molecule has 1 saturated heterocycles. The molecule has 0 aromatic heterocycles. The van der Waals surface area contributed by atoms with Gasteiger partial charge in [0, 0.05) is 12.8 Å². The van der Waals surface area contributed by atoms with Crippen LogP contribution in [0.15, 0.2) is 24.3 Å². The smallest absolute Gasteiger partial charge is 0.119 e. The molecule has 1 spiro atoms. The van der Waals surface area contributed by atoms with Crippen molar-refractivity contribution < 1.29 is 9.47 Å². The highest BCUT2D eigenvalue weighted by atomic mass is 16.5. The largest absolute Gasteiger partial charge is 0.490 e. The summed E-state index contributed by atoms with van der Waals surface area (Å²) in [5.74, 6) is 0.857. The van der Waals surface area contributed by atoms with Crippen LogP contribution in [0, 0.1) is 11.3 Å². The minimum absolute atomic E-state index is 0.121. The van der Waals surface area contributed by atoms with Gasteiger partial charge in [-0.1, -0.05) is 0 Å². The summed E-state index contributed by atoms with van der Waals surface area (Å²) in [5.41, 5.74) is 0.792. The van der Waals surface area contributed by atoms with Crippen molar-refractivity contribution in [3.05, 3.63) is 29.8 Å². The average molecular weight is 243 g/mol. The third-order valence-electron chi connectivity index (χ3n) is 4.00. The molecule has 1 aromatic rings. The first-order chi connectivity index (χ1) is 8.80. The average Bonchev–Trinajstić information content (AvgIpc) is 2.38. The Hall–Kier alpha value is -1.53. The Morgan fingerprint density at radius 2 is 2.06 bits per heavy atom. The van der Waals surface area contributed by atoms with Gasteiger partial charge in [-0.2, -0.15) is 5.26 Å². The lowest BCUT2D eigenvalue weighted by molar-refractivity contribution is -0.153. The molecule has 1 aromatic carbocycles. The maximum atomic E-state index is 8.75. The summed E-state index contributed by atoms with van der Waals surface area (Å²) >= 11 is 0. The molecule has 1 atom stereocenters. The Labute approximate surface area is 107 Å². The van der Waals surface area contributed by atoms with Crippen LogP contribution in [0.1, 0.15) is 37.7 Å². The van der Waals surface area contributed by atoms with Crippen LogP contribution >= 0.6 is 0 Å². The van der Waals surface area contributed by atoms with Crippen molar-refractivity contribution in [3.63, 3.8) is 0 Å². The van der Waals surface area contributed by atoms with E-state index >= 15 is 0 Å². The van der Waals surface area contributed by atoms with Gasteiger partial charge in [0.25, 0.3) is 0 Å². The number of ether oxygens (including phenoxy) is 2. The van der Waals surface area contributed by atoms with Gasteiger partial charge in [0.2, 0.25) is 0 Å². The van der Waals surface area contributed by atoms with Gasteiger partial charge in [-0.15, -0.1) is 0 Å². The fourth-order valence-corrected chi connectivity index (χ4v) is 2.80. The van der Waals surface area contributed by atoms with E-state index in [1.807, 2.05) is 12.1 Å². The molecule has 18 heavy (non-hydrogen) atoms. The van der Waals surface area contributed by atoms with Crippen LogP contribution in [0.3, 0.4) is 0 Å². The summed E-state index contributed by atoms with van der Waals surface area (Å²) in [6, 6.07) is 9.47. The van der Waals surface area contributed by atoms with Gasteiger partial charge in [-0.05, 0) is 43.5 Å². The lowest BCUT2D eigenvalue weighted by Gasteiger charge is -2.46. The molecule has 0 radical (unpaired) electrons. The van der Waals surface area contributed by atoms with Crippen molar-refractivity contribution in [1.82, 2.24) is 0 Å². The van der Waals surface area contributed by atoms with Gasteiger partial charge in [-0.3, -0.25) is 0 Å². The molecular weight excluding hydrogens is 226 g/mol. The summed E-state index contributed by atoms with van der Waals surface area (Å²) in [4.78, 5) is 0. The van der Waals surface area contributed by atoms with Crippen LogP contribution < -0.4 is 4.74 Å². The van der Waals surface area contributed by atoms with Gasteiger partial charge in [-0.25, -0.2) is 0 Å². The minimum Gasteiger partial charge on any atom is -0.490 e. The fraction of sp³-hybridized carbons (Fsp3) is 0.533. The van der Waals surface area contributed by atoms with Crippen molar-refractivity contribution in [1.29, 1.82) is 5.26 Å². The summed E-state index contributed by atoms with van der Waals surface area (Å²) < 4.78 is 11.9. The van der Waals surface area contributed by atoms with Crippen molar-refractivity contribution in [2.75, 3.05) is 6.61 Å². The zero-order chi connectivity index (χ0) is 12.4. The van der Waals surface area contributed by atoms with E-state index in [4.69, 9.17) is 14.7 Å². The van der Waals surface area contributed by atoms with Crippen LogP contribution in [0.4, 0.5) is 0 Å². The summed E-state index contributed by atoms with van der Waals surface area (Å²) in [6.07, 6.45) is 5.87. The van der Waals surface area contributed by atoms with Crippen molar-refractivity contribution in [3.8, 4) is 11.8 Å². The van der Waals surface area contributed by atoms with Crippen LogP contribution in [0.5, 0.6) is 5.75 Å². The molecule has 94 valence electrons. The van der Waals surface area contributed by atoms with Gasteiger partial charge in [0.15, 0.2) is 0 Å². The van der Waals surface area contributed by atoms with Crippen molar-refractivity contribution in [2.45, 2.75) is 43.8 Å². The van der Waals surface area contributed by atoms with Gasteiger partial charge in [0.1, 0.15) is 11.9 Å². The fourth-order valence-electron chi connectivity index (χ4n) is 2.80. The van der Waals surface area contributed by atoms with E-state index in [1.54, 1.807) is 12.1 Å². The predicted molar refractivity (Wildman–Crippen MR) is 67.3 cm³/mol. The second-order valence-corrected chi connectivity index (χ2v) is 5.25. The van der Waals surface area contributed by atoms with E-state index in [-0.39, 0.29) is 11.7 Å². The standard InChI is InChI=1S/C15H17NO2/c16-11-12-2-4-13(5-3-12)18-14-6-9-17-15(10-14)7-1-8-15/h2-5,14H,1,6-10H2. The molecule has 1 unspecified atom stereocenters. The van der Waals surface area contributed by atoms with E-state index in [0.29, 0.717) is 5.56 Å². The Morgan fingerprint density at radius 3 is 2.67 bits per heavy atom. The van der Waals surface area contributed by atoms with Crippen LogP contribution in [0.2, 0.25) is 0 Å². The first-order valence-corrected chi connectivity index (χ1v) is 6.60. The highest BCUT2D eigenvalue weighted by molar-refractivity contribution is 5.34. The van der Waals surface area contributed by atoms with Gasteiger partial charge in [0.05, 0.1) is 23.8 Å². The number of hydrogen-bond donors (Lipinski definition) is 0. The molecule has 1 heterocycles. The number of benzene rings is 1. The highest BCUT2D eigenvalue weighted by Gasteiger charge is 2.43. The second kappa shape index (κ2) is 4.62. The molecule has 0 amide bonds. The molecule has 3 nitrogen and oxygen atoms in total. The second-order valence-electron chi connectivity index (χ2n) is 5.25. The van der Waals surface area contributed by atoms with E-state index in [9.17, 15) is 0 Å². The predicted octanol–water partition coefficient (Wildman–Crippen LogP) is 3.04. The van der Waals surface area contributed by atoms with Crippen LogP contribution in [0.25, 0.3) is 0 Å². The maximum Gasteiger partial charge on any atom is 0.119 e. The summed E-state index contributed by atoms with van der Waals surface area (Å²) in [5, 5.41) is 8.75.